The Balaban J connectivity index is 2.36. The molecule has 1 N–H and O–H groups in total. The van der Waals surface area contributed by atoms with Crippen LogP contribution in [-0.4, -0.2) is 26.9 Å². The number of amides is 1. The zero-order chi connectivity index (χ0) is 23.2. The van der Waals surface area contributed by atoms with Crippen molar-refractivity contribution in [1.29, 1.82) is 0 Å². The molecule has 0 aliphatic rings. The Morgan fingerprint density at radius 2 is 1.74 bits per heavy atom. The average Bonchev–Trinajstić information content (AvgIpc) is 2.71. The van der Waals surface area contributed by atoms with Crippen LogP contribution in [0.5, 0.6) is 0 Å². The van der Waals surface area contributed by atoms with Gasteiger partial charge >= 0.3 is 0 Å². The maximum Gasteiger partial charge on any atom is 0.266 e. The molecule has 0 heterocycles. The van der Waals surface area contributed by atoms with E-state index in [-0.39, 0.29) is 34.0 Å². The molecule has 2 aromatic rings. The van der Waals surface area contributed by atoms with Gasteiger partial charge in [0.05, 0.1) is 17.3 Å². The van der Waals surface area contributed by atoms with Crippen molar-refractivity contribution in [2.75, 3.05) is 10.8 Å². The number of anilines is 1. The Morgan fingerprint density at radius 3 is 2.32 bits per heavy atom. The zero-order valence-corrected chi connectivity index (χ0v) is 20.3. The summed E-state index contributed by atoms with van der Waals surface area (Å²) in [6.07, 6.45) is 3.30. The number of hydrogen-bond donors (Lipinski definition) is 1. The summed E-state index contributed by atoms with van der Waals surface area (Å²) >= 11 is 12.2. The molecule has 2 rings (SSSR count). The molecular formula is C23H28Cl2N2O3S. The highest BCUT2D eigenvalue weighted by molar-refractivity contribution is 7.93. The molecule has 31 heavy (non-hydrogen) atoms. The lowest BCUT2D eigenvalue weighted by atomic mass is 10.0. The van der Waals surface area contributed by atoms with E-state index in [1.54, 1.807) is 24.3 Å². The van der Waals surface area contributed by atoms with Gasteiger partial charge in [-0.2, -0.15) is 0 Å². The zero-order valence-electron chi connectivity index (χ0n) is 17.9. The molecule has 0 saturated heterocycles. The summed E-state index contributed by atoms with van der Waals surface area (Å²) < 4.78 is 28.0. The predicted octanol–water partition coefficient (Wildman–Crippen LogP) is 5.93. The average molecular weight is 483 g/mol. The minimum atomic E-state index is -4.06. The number of rotatable bonds is 10. The van der Waals surface area contributed by atoms with Gasteiger partial charge in [-0.25, -0.2) is 8.42 Å². The van der Waals surface area contributed by atoms with Gasteiger partial charge in [-0.05, 0) is 68.1 Å². The molecule has 0 bridgehead atoms. The Bertz CT molecular complexity index is 1020. The quantitative estimate of drug-likeness (QED) is 0.426. The Morgan fingerprint density at radius 1 is 1.10 bits per heavy atom. The number of sulfonamides is 1. The van der Waals surface area contributed by atoms with Crippen molar-refractivity contribution in [2.24, 2.45) is 5.92 Å². The van der Waals surface area contributed by atoms with E-state index in [9.17, 15) is 13.2 Å². The summed E-state index contributed by atoms with van der Waals surface area (Å²) in [4.78, 5) is 12.6. The second kappa shape index (κ2) is 11.0. The fraction of sp³-hybridized carbons (Fsp3) is 0.348. The number of carbonyl (C=O) groups is 1. The van der Waals surface area contributed by atoms with E-state index in [1.165, 1.54) is 28.6 Å². The third-order valence-electron chi connectivity index (χ3n) is 4.73. The lowest BCUT2D eigenvalue weighted by Crippen LogP contribution is -2.34. The summed E-state index contributed by atoms with van der Waals surface area (Å²) in [6, 6.07) is 10.6. The van der Waals surface area contributed by atoms with Gasteiger partial charge in [-0.15, -0.1) is 6.58 Å². The highest BCUT2D eigenvalue weighted by Crippen LogP contribution is 2.30. The second-order valence-corrected chi connectivity index (χ2v) is 10.5. The summed E-state index contributed by atoms with van der Waals surface area (Å²) in [5.74, 6) is 0.196. The molecule has 0 aliphatic carbocycles. The Labute approximate surface area is 195 Å². The van der Waals surface area contributed by atoms with Crippen LogP contribution < -0.4 is 9.62 Å². The van der Waals surface area contributed by atoms with Gasteiger partial charge in [0, 0.05) is 16.6 Å². The van der Waals surface area contributed by atoms with Crippen LogP contribution in [0.1, 0.15) is 44.0 Å². The van der Waals surface area contributed by atoms with E-state index in [1.807, 2.05) is 6.92 Å². The van der Waals surface area contributed by atoms with Gasteiger partial charge < -0.3 is 5.32 Å². The van der Waals surface area contributed by atoms with Crippen molar-refractivity contribution in [3.8, 4) is 0 Å². The van der Waals surface area contributed by atoms with E-state index in [0.717, 1.165) is 12.8 Å². The summed E-state index contributed by atoms with van der Waals surface area (Å²) in [7, 11) is -4.06. The van der Waals surface area contributed by atoms with Crippen LogP contribution in [0.25, 0.3) is 0 Å². The second-order valence-electron chi connectivity index (χ2n) is 7.79. The van der Waals surface area contributed by atoms with Crippen LogP contribution in [0.2, 0.25) is 10.0 Å². The standard InChI is InChI=1S/C23H28Cl2N2O3S/c1-5-14-27(20-11-9-19(24)10-12-20)31(29,30)22-15-18(8-13-21(22)25)23(28)26-17(4)7-6-16(2)3/h5,8-13,15-17H,1,6-7,14H2,2-4H3,(H,26,28)/t17-/m1/s1. The van der Waals surface area contributed by atoms with Crippen molar-refractivity contribution in [3.05, 3.63) is 70.7 Å². The van der Waals surface area contributed by atoms with Crippen molar-refractivity contribution < 1.29 is 13.2 Å². The number of carbonyl (C=O) groups excluding carboxylic acids is 1. The number of hydrogen-bond acceptors (Lipinski definition) is 3. The first-order valence-corrected chi connectivity index (χ1v) is 12.3. The van der Waals surface area contributed by atoms with Crippen molar-refractivity contribution in [1.82, 2.24) is 5.32 Å². The number of benzene rings is 2. The number of nitrogens with one attached hydrogen (secondary N) is 1. The van der Waals surface area contributed by atoms with Crippen LogP contribution in [0.15, 0.2) is 60.0 Å². The van der Waals surface area contributed by atoms with Crippen molar-refractivity contribution >= 4 is 44.8 Å². The molecule has 168 valence electrons. The molecule has 0 saturated carbocycles. The molecule has 1 amide bonds. The minimum absolute atomic E-state index is 0.0306. The largest absolute Gasteiger partial charge is 0.350 e. The summed E-state index contributed by atoms with van der Waals surface area (Å²) in [5.41, 5.74) is 0.645. The molecule has 0 fully saturated rings. The smallest absolute Gasteiger partial charge is 0.266 e. The molecule has 5 nitrogen and oxygen atoms in total. The Hall–Kier alpha value is -2.02. The van der Waals surface area contributed by atoms with E-state index >= 15 is 0 Å². The van der Waals surface area contributed by atoms with Gasteiger partial charge in [0.1, 0.15) is 4.90 Å². The first kappa shape index (κ1) is 25.2. The maximum absolute atomic E-state index is 13.4. The van der Waals surface area contributed by atoms with Gasteiger partial charge in [-0.3, -0.25) is 9.10 Å². The SMILES string of the molecule is C=CCN(c1ccc(Cl)cc1)S(=O)(=O)c1cc(C(=O)N[C@H](C)CCC(C)C)ccc1Cl. The van der Waals surface area contributed by atoms with E-state index < -0.39 is 10.0 Å². The molecule has 0 unspecified atom stereocenters. The van der Waals surface area contributed by atoms with E-state index in [2.05, 4.69) is 25.7 Å². The molecule has 0 radical (unpaired) electrons. The summed E-state index contributed by atoms with van der Waals surface area (Å²) in [5, 5.41) is 3.44. The molecule has 2 aromatic carbocycles. The van der Waals surface area contributed by atoms with Crippen LogP contribution >= 0.6 is 23.2 Å². The van der Waals surface area contributed by atoms with E-state index in [4.69, 9.17) is 23.2 Å². The first-order chi connectivity index (χ1) is 14.6. The minimum Gasteiger partial charge on any atom is -0.350 e. The topological polar surface area (TPSA) is 66.5 Å². The van der Waals surface area contributed by atoms with Crippen LogP contribution in [0, 0.1) is 5.92 Å². The van der Waals surface area contributed by atoms with Crippen molar-refractivity contribution in [2.45, 2.75) is 44.6 Å². The van der Waals surface area contributed by atoms with Crippen LogP contribution in [0.3, 0.4) is 0 Å². The molecule has 0 aliphatic heterocycles. The monoisotopic (exact) mass is 482 g/mol. The third-order valence-corrected chi connectivity index (χ3v) is 7.25. The summed E-state index contributed by atoms with van der Waals surface area (Å²) in [6.45, 7) is 9.86. The fourth-order valence-electron chi connectivity index (χ4n) is 2.99. The van der Waals surface area contributed by atoms with Crippen LogP contribution in [0.4, 0.5) is 5.69 Å². The molecule has 8 heteroatoms. The number of halogens is 2. The van der Waals surface area contributed by atoms with Gasteiger partial charge in [0.15, 0.2) is 0 Å². The molecule has 0 spiro atoms. The normalized spacial score (nSPS) is 12.5. The number of nitrogens with zero attached hydrogens (tertiary/aromatic N) is 1. The fourth-order valence-corrected chi connectivity index (χ4v) is 5.06. The highest BCUT2D eigenvalue weighted by atomic mass is 35.5. The predicted molar refractivity (Wildman–Crippen MR) is 129 cm³/mol. The lowest BCUT2D eigenvalue weighted by Gasteiger charge is -2.24. The highest BCUT2D eigenvalue weighted by Gasteiger charge is 2.27. The van der Waals surface area contributed by atoms with E-state index in [0.29, 0.717) is 16.6 Å². The Kier molecular flexibility index (Phi) is 8.98. The van der Waals surface area contributed by atoms with Gasteiger partial charge in [0.2, 0.25) is 0 Å². The van der Waals surface area contributed by atoms with Gasteiger partial charge in [0.25, 0.3) is 15.9 Å². The first-order valence-electron chi connectivity index (χ1n) is 10.1. The van der Waals surface area contributed by atoms with Crippen molar-refractivity contribution in [3.63, 3.8) is 0 Å². The third kappa shape index (κ3) is 6.73. The molecular weight excluding hydrogens is 455 g/mol. The molecule has 1 atom stereocenters. The molecule has 0 aromatic heterocycles. The van der Waals surface area contributed by atoms with Gasteiger partial charge in [-0.1, -0.05) is 43.1 Å². The van der Waals surface area contributed by atoms with Crippen LogP contribution in [-0.2, 0) is 10.0 Å². The lowest BCUT2D eigenvalue weighted by molar-refractivity contribution is 0.0937. The maximum atomic E-state index is 13.4.